The lowest BCUT2D eigenvalue weighted by molar-refractivity contribution is 0.0967. The van der Waals surface area contributed by atoms with Crippen molar-refractivity contribution in [2.75, 3.05) is 7.05 Å². The van der Waals surface area contributed by atoms with Crippen LogP contribution in [0.2, 0.25) is 0 Å². The molecule has 0 saturated carbocycles. The van der Waals surface area contributed by atoms with Crippen LogP contribution < -0.4 is 16.6 Å². The van der Waals surface area contributed by atoms with E-state index in [1.807, 2.05) is 31.2 Å². The molecule has 4 rings (SSSR count). The van der Waals surface area contributed by atoms with Crippen molar-refractivity contribution in [1.29, 1.82) is 0 Å². The fraction of sp³-hybridized carbons (Fsp3) is 0.136. The maximum atomic E-state index is 13.5. The molecule has 6 nitrogen and oxygen atoms in total. The van der Waals surface area contributed by atoms with E-state index in [1.165, 1.54) is 18.4 Å². The normalized spacial score (nSPS) is 11.0. The van der Waals surface area contributed by atoms with Crippen LogP contribution in [0, 0.1) is 6.92 Å². The molecule has 0 aliphatic carbocycles. The van der Waals surface area contributed by atoms with Gasteiger partial charge in [0.15, 0.2) is 0 Å². The van der Waals surface area contributed by atoms with Gasteiger partial charge in [0, 0.05) is 7.05 Å². The molecule has 0 bridgehead atoms. The van der Waals surface area contributed by atoms with Crippen molar-refractivity contribution < 1.29 is 4.79 Å². The zero-order valence-corrected chi connectivity index (χ0v) is 16.8. The highest BCUT2D eigenvalue weighted by molar-refractivity contribution is 7.12. The number of nitrogens with zero attached hydrogens (tertiary/aromatic N) is 2. The molecule has 146 valence electrons. The van der Waals surface area contributed by atoms with Crippen molar-refractivity contribution in [2.45, 2.75) is 13.5 Å². The van der Waals surface area contributed by atoms with Crippen molar-refractivity contribution in [1.82, 2.24) is 14.5 Å². The van der Waals surface area contributed by atoms with Crippen molar-refractivity contribution >= 4 is 28.1 Å². The molecule has 29 heavy (non-hydrogen) atoms. The van der Waals surface area contributed by atoms with Gasteiger partial charge >= 0.3 is 5.69 Å². The summed E-state index contributed by atoms with van der Waals surface area (Å²) < 4.78 is 2.68. The van der Waals surface area contributed by atoms with Crippen LogP contribution in [0.25, 0.3) is 16.6 Å². The van der Waals surface area contributed by atoms with Gasteiger partial charge in [0.05, 0.1) is 23.1 Å². The Kier molecular flexibility index (Phi) is 4.90. The minimum absolute atomic E-state index is 0.299. The van der Waals surface area contributed by atoms with E-state index in [9.17, 15) is 14.4 Å². The lowest BCUT2D eigenvalue weighted by Crippen LogP contribution is -2.39. The van der Waals surface area contributed by atoms with Crippen LogP contribution in [0.5, 0.6) is 0 Å². The minimum Gasteiger partial charge on any atom is -0.354 e. The summed E-state index contributed by atoms with van der Waals surface area (Å²) in [4.78, 5) is 39.2. The number of para-hydroxylation sites is 1. The molecule has 0 saturated heterocycles. The first kappa shape index (κ1) is 18.9. The van der Waals surface area contributed by atoms with Gasteiger partial charge in [-0.1, -0.05) is 42.0 Å². The topological polar surface area (TPSA) is 73.1 Å². The monoisotopic (exact) mass is 405 g/mol. The number of thiophene rings is 1. The summed E-state index contributed by atoms with van der Waals surface area (Å²) in [6.45, 7) is 2.31. The number of aryl methyl sites for hydroxylation is 1. The highest BCUT2D eigenvalue weighted by Crippen LogP contribution is 2.20. The van der Waals surface area contributed by atoms with Crippen LogP contribution in [0.1, 0.15) is 20.8 Å². The zero-order valence-electron chi connectivity index (χ0n) is 16.0. The maximum Gasteiger partial charge on any atom is 0.336 e. The van der Waals surface area contributed by atoms with Crippen LogP contribution in [0.3, 0.4) is 0 Å². The molecular formula is C22H19N3O3S. The number of aromatic nitrogens is 2. The van der Waals surface area contributed by atoms with Crippen LogP contribution in [-0.2, 0) is 6.54 Å². The lowest BCUT2D eigenvalue weighted by atomic mass is 10.1. The van der Waals surface area contributed by atoms with Crippen LogP contribution in [-0.4, -0.2) is 22.1 Å². The third-order valence-corrected chi connectivity index (χ3v) is 5.69. The highest BCUT2D eigenvalue weighted by Gasteiger charge is 2.20. The predicted molar refractivity (Wildman–Crippen MR) is 115 cm³/mol. The van der Waals surface area contributed by atoms with Crippen molar-refractivity contribution in [3.63, 3.8) is 0 Å². The first-order valence-corrected chi connectivity index (χ1v) is 9.99. The van der Waals surface area contributed by atoms with Gasteiger partial charge in [0.2, 0.25) is 0 Å². The Morgan fingerprint density at radius 1 is 1.07 bits per heavy atom. The summed E-state index contributed by atoms with van der Waals surface area (Å²) in [5, 5.41) is 4.69. The number of carbonyl (C=O) groups excluding carboxylic acids is 1. The molecule has 0 aliphatic heterocycles. The molecule has 7 heteroatoms. The average molecular weight is 405 g/mol. The second-order valence-corrected chi connectivity index (χ2v) is 7.65. The molecule has 0 aliphatic rings. The van der Waals surface area contributed by atoms with Crippen LogP contribution >= 0.6 is 11.3 Å². The van der Waals surface area contributed by atoms with Gasteiger partial charge in [-0.2, -0.15) is 0 Å². The van der Waals surface area contributed by atoms with Gasteiger partial charge in [-0.3, -0.25) is 14.2 Å². The number of benzene rings is 2. The van der Waals surface area contributed by atoms with E-state index in [2.05, 4.69) is 5.32 Å². The summed E-state index contributed by atoms with van der Waals surface area (Å²) >= 11 is 1.19. The quantitative estimate of drug-likeness (QED) is 0.567. The summed E-state index contributed by atoms with van der Waals surface area (Å²) in [7, 11) is 1.52. The fourth-order valence-electron chi connectivity index (χ4n) is 3.44. The van der Waals surface area contributed by atoms with Gasteiger partial charge in [0.1, 0.15) is 4.88 Å². The van der Waals surface area contributed by atoms with Gasteiger partial charge in [-0.15, -0.1) is 11.3 Å². The van der Waals surface area contributed by atoms with E-state index in [-0.39, 0.29) is 5.91 Å². The molecular weight excluding hydrogens is 386 g/mol. The molecule has 4 aromatic rings. The summed E-state index contributed by atoms with van der Waals surface area (Å²) in [5.41, 5.74) is 2.01. The summed E-state index contributed by atoms with van der Waals surface area (Å²) in [6, 6.07) is 16.6. The van der Waals surface area contributed by atoms with Crippen molar-refractivity contribution in [3.8, 4) is 5.69 Å². The number of hydrogen-bond donors (Lipinski definition) is 1. The first-order chi connectivity index (χ1) is 14.0. The van der Waals surface area contributed by atoms with Gasteiger partial charge in [-0.05, 0) is 36.1 Å². The predicted octanol–water partition coefficient (Wildman–Crippen LogP) is 2.93. The van der Waals surface area contributed by atoms with Gasteiger partial charge in [0.25, 0.3) is 11.5 Å². The Morgan fingerprint density at radius 3 is 2.62 bits per heavy atom. The standard InChI is InChI=1S/C22H19N3O3S/c1-14-6-5-7-15(12-14)13-24-17-9-4-3-8-16(17)21(27)25(22(24)28)18-10-11-29-19(18)20(26)23-2/h3-12H,13H2,1-2H3,(H,23,26). The molecule has 2 heterocycles. The molecule has 0 unspecified atom stereocenters. The number of fused-ring (bicyclic) bond motifs is 1. The van der Waals surface area contributed by atoms with Crippen molar-refractivity contribution in [2.24, 2.45) is 0 Å². The van der Waals surface area contributed by atoms with Crippen LogP contribution in [0.4, 0.5) is 0 Å². The van der Waals surface area contributed by atoms with E-state index in [0.717, 1.165) is 15.7 Å². The van der Waals surface area contributed by atoms with E-state index in [4.69, 9.17) is 0 Å². The molecule has 0 atom stereocenters. The summed E-state index contributed by atoms with van der Waals surface area (Å²) in [6.07, 6.45) is 0. The number of carbonyl (C=O) groups is 1. The van der Waals surface area contributed by atoms with E-state index < -0.39 is 11.2 Å². The molecule has 2 aromatic heterocycles. The molecule has 1 amide bonds. The Morgan fingerprint density at radius 2 is 1.86 bits per heavy atom. The number of rotatable bonds is 4. The lowest BCUT2D eigenvalue weighted by Gasteiger charge is -2.14. The first-order valence-electron chi connectivity index (χ1n) is 9.11. The zero-order chi connectivity index (χ0) is 20.5. The number of hydrogen-bond acceptors (Lipinski definition) is 4. The third kappa shape index (κ3) is 3.30. The molecule has 0 spiro atoms. The Hall–Kier alpha value is -3.45. The number of amides is 1. The smallest absolute Gasteiger partial charge is 0.336 e. The Balaban J connectivity index is 2.03. The Labute approximate surface area is 170 Å². The van der Waals surface area contributed by atoms with Crippen LogP contribution in [0.15, 0.2) is 69.6 Å². The Bertz CT molecular complexity index is 1350. The highest BCUT2D eigenvalue weighted by atomic mass is 32.1. The minimum atomic E-state index is -0.473. The maximum absolute atomic E-state index is 13.5. The second kappa shape index (κ2) is 7.52. The largest absolute Gasteiger partial charge is 0.354 e. The van der Waals surface area contributed by atoms with Gasteiger partial charge in [-0.25, -0.2) is 9.36 Å². The van der Waals surface area contributed by atoms with Gasteiger partial charge < -0.3 is 5.32 Å². The average Bonchev–Trinajstić information content (AvgIpc) is 3.20. The molecule has 0 radical (unpaired) electrons. The molecule has 0 fully saturated rings. The van der Waals surface area contributed by atoms with E-state index >= 15 is 0 Å². The molecule has 1 N–H and O–H groups in total. The summed E-state index contributed by atoms with van der Waals surface area (Å²) in [5.74, 6) is -0.334. The number of nitrogens with one attached hydrogen (secondary N) is 1. The van der Waals surface area contributed by atoms with E-state index in [1.54, 1.807) is 40.3 Å². The third-order valence-electron chi connectivity index (χ3n) is 4.79. The molecule has 2 aromatic carbocycles. The fourth-order valence-corrected chi connectivity index (χ4v) is 4.26. The van der Waals surface area contributed by atoms with E-state index in [0.29, 0.717) is 28.0 Å². The SMILES string of the molecule is CNC(=O)c1sccc1-n1c(=O)c2ccccc2n(Cc2cccc(C)c2)c1=O. The second-order valence-electron chi connectivity index (χ2n) is 6.73. The van der Waals surface area contributed by atoms with Crippen molar-refractivity contribution in [3.05, 3.63) is 96.8 Å².